The van der Waals surface area contributed by atoms with Crippen LogP contribution < -0.4 is 14.4 Å². The molecule has 6 nitrogen and oxygen atoms in total. The lowest BCUT2D eigenvalue weighted by Crippen LogP contribution is -2.29. The number of ether oxygens (including phenoxy) is 1. The van der Waals surface area contributed by atoms with Gasteiger partial charge in [0.15, 0.2) is 0 Å². The molecule has 4 rings (SSSR count). The van der Waals surface area contributed by atoms with Crippen molar-refractivity contribution < 1.29 is 26.7 Å². The number of sulfonamides is 1. The van der Waals surface area contributed by atoms with E-state index >= 15 is 0 Å². The fourth-order valence-corrected chi connectivity index (χ4v) is 5.79. The first-order chi connectivity index (χ1) is 15.8. The Hall–Kier alpha value is -3.11. The molecule has 0 unspecified atom stereocenters. The zero-order chi connectivity index (χ0) is 23.6. The molecule has 0 saturated carbocycles. The van der Waals surface area contributed by atoms with Gasteiger partial charge in [-0.3, -0.25) is 9.10 Å². The molecule has 0 radical (unpaired) electrons. The highest BCUT2D eigenvalue weighted by atomic mass is 32.2. The Kier molecular flexibility index (Phi) is 6.57. The fraction of sp³-hybridized carbons (Fsp3) is 0.174. The molecule has 0 aromatic heterocycles. The predicted octanol–water partition coefficient (Wildman–Crippen LogP) is 5.01. The summed E-state index contributed by atoms with van der Waals surface area (Å²) in [4.78, 5) is 13.2. The molecular weight excluding hydrogens is 470 g/mol. The second kappa shape index (κ2) is 9.40. The van der Waals surface area contributed by atoms with Crippen molar-refractivity contribution in [1.82, 2.24) is 0 Å². The normalized spacial score (nSPS) is 13.2. The maximum atomic E-state index is 13.4. The minimum absolute atomic E-state index is 0.0251. The van der Waals surface area contributed by atoms with Crippen LogP contribution >= 0.6 is 11.8 Å². The van der Waals surface area contributed by atoms with Crippen molar-refractivity contribution in [1.29, 1.82) is 0 Å². The largest absolute Gasteiger partial charge is 0.496 e. The molecule has 0 saturated heterocycles. The minimum Gasteiger partial charge on any atom is -0.496 e. The zero-order valence-corrected chi connectivity index (χ0v) is 19.1. The summed E-state index contributed by atoms with van der Waals surface area (Å²) >= 11 is 0.308. The number of fused-ring (bicyclic) bond motifs is 1. The van der Waals surface area contributed by atoms with Crippen LogP contribution in [0.1, 0.15) is 15.9 Å². The number of carbonyl (C=O) groups excluding carboxylic acids is 1. The topological polar surface area (TPSA) is 75.7 Å². The van der Waals surface area contributed by atoms with Gasteiger partial charge in [0.1, 0.15) is 5.75 Å². The van der Waals surface area contributed by atoms with E-state index in [1.54, 1.807) is 24.3 Å². The van der Waals surface area contributed by atoms with Gasteiger partial charge in [-0.15, -0.1) is 0 Å². The van der Waals surface area contributed by atoms with Crippen LogP contribution in [-0.4, -0.2) is 33.7 Å². The maximum absolute atomic E-state index is 13.4. The summed E-state index contributed by atoms with van der Waals surface area (Å²) in [6.45, 7) is 0.299. The monoisotopic (exact) mass is 490 g/mol. The number of amides is 1. The number of hydrogen-bond acceptors (Lipinski definition) is 5. The summed E-state index contributed by atoms with van der Waals surface area (Å²) in [7, 11) is -2.58. The highest BCUT2D eigenvalue weighted by molar-refractivity contribution is 7.99. The van der Waals surface area contributed by atoms with Gasteiger partial charge < -0.3 is 10.1 Å². The standard InChI is InChI=1S/C23H20F2N2O4S2/c1-31-20-11-10-16(33(29,30)27-13-12-15-6-2-4-8-19(15)27)14-17(20)22(28)26-18-7-3-5-9-21(18)32-23(24)25/h2-11,14,23H,12-13H2,1H3,(H,26,28). The van der Waals surface area contributed by atoms with E-state index in [0.29, 0.717) is 30.4 Å². The smallest absolute Gasteiger partial charge is 0.288 e. The van der Waals surface area contributed by atoms with Gasteiger partial charge in [-0.2, -0.15) is 8.78 Å². The van der Waals surface area contributed by atoms with E-state index in [9.17, 15) is 22.0 Å². The second-order valence-electron chi connectivity index (χ2n) is 7.15. The molecule has 0 spiro atoms. The highest BCUT2D eigenvalue weighted by Crippen LogP contribution is 2.35. The van der Waals surface area contributed by atoms with Gasteiger partial charge in [0, 0.05) is 11.4 Å². The number of halogens is 2. The van der Waals surface area contributed by atoms with E-state index in [0.717, 1.165) is 5.56 Å². The van der Waals surface area contributed by atoms with Crippen LogP contribution in [0.25, 0.3) is 0 Å². The van der Waals surface area contributed by atoms with E-state index in [1.165, 1.54) is 41.7 Å². The number of benzene rings is 3. The van der Waals surface area contributed by atoms with Crippen molar-refractivity contribution in [3.63, 3.8) is 0 Å². The molecule has 1 N–H and O–H groups in total. The first-order valence-corrected chi connectivity index (χ1v) is 12.3. The molecule has 0 aliphatic carbocycles. The SMILES string of the molecule is COc1ccc(S(=O)(=O)N2CCc3ccccc32)cc1C(=O)Nc1ccccc1SC(F)F. The predicted molar refractivity (Wildman–Crippen MR) is 124 cm³/mol. The van der Waals surface area contributed by atoms with Crippen LogP contribution in [0.3, 0.4) is 0 Å². The maximum Gasteiger partial charge on any atom is 0.288 e. The molecule has 1 amide bonds. The number of para-hydroxylation sites is 2. The molecule has 33 heavy (non-hydrogen) atoms. The second-order valence-corrected chi connectivity index (χ2v) is 10.0. The molecule has 3 aromatic carbocycles. The number of alkyl halides is 2. The first kappa shape index (κ1) is 23.1. The Balaban J connectivity index is 1.68. The van der Waals surface area contributed by atoms with Gasteiger partial charge in [0.05, 0.1) is 28.9 Å². The van der Waals surface area contributed by atoms with Gasteiger partial charge in [0.2, 0.25) is 0 Å². The van der Waals surface area contributed by atoms with Gasteiger partial charge in [-0.1, -0.05) is 42.1 Å². The summed E-state index contributed by atoms with van der Waals surface area (Å²) in [5.41, 5.74) is 1.71. The summed E-state index contributed by atoms with van der Waals surface area (Å²) in [6.07, 6.45) is 0.595. The van der Waals surface area contributed by atoms with Crippen LogP contribution in [0.15, 0.2) is 76.5 Å². The number of hydrogen-bond donors (Lipinski definition) is 1. The van der Waals surface area contributed by atoms with E-state index < -0.39 is 21.7 Å². The summed E-state index contributed by atoms with van der Waals surface area (Å²) in [5, 5.41) is 2.59. The Morgan fingerprint density at radius 1 is 1.09 bits per heavy atom. The van der Waals surface area contributed by atoms with E-state index in [1.807, 2.05) is 12.1 Å². The van der Waals surface area contributed by atoms with Crippen LogP contribution in [0.5, 0.6) is 5.75 Å². The Bertz CT molecular complexity index is 1300. The minimum atomic E-state index is -3.94. The molecule has 10 heteroatoms. The van der Waals surface area contributed by atoms with Crippen molar-refractivity contribution in [2.75, 3.05) is 23.3 Å². The zero-order valence-electron chi connectivity index (χ0n) is 17.5. The lowest BCUT2D eigenvalue weighted by atomic mass is 10.2. The third-order valence-electron chi connectivity index (χ3n) is 5.20. The summed E-state index contributed by atoms with van der Waals surface area (Å²) in [6, 6.07) is 17.4. The van der Waals surface area contributed by atoms with Crippen LogP contribution in [-0.2, 0) is 16.4 Å². The quantitative estimate of drug-likeness (QED) is 0.471. The average molecular weight is 491 g/mol. The van der Waals surface area contributed by atoms with Crippen LogP contribution in [0, 0.1) is 0 Å². The number of rotatable bonds is 7. The number of anilines is 2. The number of nitrogens with one attached hydrogen (secondary N) is 1. The van der Waals surface area contributed by atoms with E-state index in [4.69, 9.17) is 4.74 Å². The first-order valence-electron chi connectivity index (χ1n) is 9.95. The van der Waals surface area contributed by atoms with Crippen LogP contribution in [0.2, 0.25) is 0 Å². The Morgan fingerprint density at radius 3 is 2.58 bits per heavy atom. The Morgan fingerprint density at radius 2 is 1.82 bits per heavy atom. The van der Waals surface area contributed by atoms with Gasteiger partial charge in [0.25, 0.3) is 21.7 Å². The van der Waals surface area contributed by atoms with Crippen molar-refractivity contribution in [3.8, 4) is 5.75 Å². The van der Waals surface area contributed by atoms with E-state index in [-0.39, 0.29) is 26.8 Å². The molecule has 172 valence electrons. The molecule has 1 aliphatic heterocycles. The van der Waals surface area contributed by atoms with Crippen molar-refractivity contribution in [3.05, 3.63) is 77.9 Å². The lowest BCUT2D eigenvalue weighted by Gasteiger charge is -2.20. The summed E-state index contributed by atoms with van der Waals surface area (Å²) in [5.74, 6) is -3.17. The van der Waals surface area contributed by atoms with Crippen molar-refractivity contribution >= 4 is 39.1 Å². The van der Waals surface area contributed by atoms with Gasteiger partial charge in [-0.25, -0.2) is 8.42 Å². The van der Waals surface area contributed by atoms with Crippen molar-refractivity contribution in [2.45, 2.75) is 22.0 Å². The average Bonchev–Trinajstić information content (AvgIpc) is 3.24. The van der Waals surface area contributed by atoms with Crippen molar-refractivity contribution in [2.24, 2.45) is 0 Å². The van der Waals surface area contributed by atoms with Gasteiger partial charge >= 0.3 is 0 Å². The molecule has 0 fully saturated rings. The third kappa shape index (κ3) is 4.67. The number of nitrogens with zero attached hydrogens (tertiary/aromatic N) is 1. The molecule has 1 heterocycles. The Labute approximate surface area is 194 Å². The highest BCUT2D eigenvalue weighted by Gasteiger charge is 2.31. The molecule has 3 aromatic rings. The van der Waals surface area contributed by atoms with Crippen LogP contribution in [0.4, 0.5) is 20.2 Å². The number of methoxy groups -OCH3 is 1. The lowest BCUT2D eigenvalue weighted by molar-refractivity contribution is 0.102. The number of thioether (sulfide) groups is 1. The molecule has 0 bridgehead atoms. The molecule has 1 aliphatic rings. The molecular formula is C23H20F2N2O4S2. The third-order valence-corrected chi connectivity index (χ3v) is 7.80. The molecule has 0 atom stereocenters. The van der Waals surface area contributed by atoms with E-state index in [2.05, 4.69) is 5.32 Å². The number of carbonyl (C=O) groups is 1. The summed E-state index contributed by atoms with van der Waals surface area (Å²) < 4.78 is 59.1. The fourth-order valence-electron chi connectivity index (χ4n) is 3.67. The van der Waals surface area contributed by atoms with Gasteiger partial charge in [-0.05, 0) is 48.4 Å².